The van der Waals surface area contributed by atoms with Crippen LogP contribution in [-0.2, 0) is 0 Å². The number of nitrogens with one attached hydrogen (secondary N) is 1. The molecular weight excluding hydrogens is 246 g/mol. The summed E-state index contributed by atoms with van der Waals surface area (Å²) in [5.41, 5.74) is 2.65. The number of benzene rings is 3. The second-order valence-corrected chi connectivity index (χ2v) is 4.85. The normalized spacial score (nSPS) is 10.4. The Morgan fingerprint density at radius 3 is 2.50 bits per heavy atom. The molecule has 0 aliphatic rings. The number of carbonyl (C=O) groups is 1. The lowest BCUT2D eigenvalue weighted by atomic mass is 10.0. The molecular formula is C18H15NO. The second kappa shape index (κ2) is 5.17. The molecule has 0 bridgehead atoms. The van der Waals surface area contributed by atoms with Gasteiger partial charge in [0, 0.05) is 11.3 Å². The summed E-state index contributed by atoms with van der Waals surface area (Å²) in [4.78, 5) is 12.4. The first-order valence-corrected chi connectivity index (χ1v) is 6.60. The summed E-state index contributed by atoms with van der Waals surface area (Å²) in [5, 5.41) is 5.00. The van der Waals surface area contributed by atoms with E-state index in [2.05, 4.69) is 5.32 Å². The van der Waals surface area contributed by atoms with Gasteiger partial charge in [0.15, 0.2) is 0 Å². The molecule has 0 aliphatic heterocycles. The highest BCUT2D eigenvalue weighted by Crippen LogP contribution is 2.20. The summed E-state index contributed by atoms with van der Waals surface area (Å²) >= 11 is 0. The zero-order valence-corrected chi connectivity index (χ0v) is 11.3. The van der Waals surface area contributed by atoms with Crippen molar-refractivity contribution in [3.8, 4) is 0 Å². The van der Waals surface area contributed by atoms with Crippen LogP contribution in [0.5, 0.6) is 0 Å². The molecule has 0 spiro atoms. The Kier molecular flexibility index (Phi) is 3.21. The van der Waals surface area contributed by atoms with Gasteiger partial charge < -0.3 is 5.32 Å². The van der Waals surface area contributed by atoms with Crippen molar-refractivity contribution in [1.82, 2.24) is 0 Å². The van der Waals surface area contributed by atoms with E-state index in [1.165, 1.54) is 0 Å². The minimum atomic E-state index is -0.0765. The van der Waals surface area contributed by atoms with Crippen LogP contribution in [0.4, 0.5) is 5.69 Å². The number of fused-ring (bicyclic) bond motifs is 1. The number of carbonyl (C=O) groups excluding carboxylic acids is 1. The number of rotatable bonds is 2. The predicted octanol–water partition coefficient (Wildman–Crippen LogP) is 4.40. The Labute approximate surface area is 118 Å². The van der Waals surface area contributed by atoms with Gasteiger partial charge in [0.1, 0.15) is 0 Å². The van der Waals surface area contributed by atoms with Crippen LogP contribution in [0.2, 0.25) is 0 Å². The van der Waals surface area contributed by atoms with E-state index in [0.29, 0.717) is 5.56 Å². The highest BCUT2D eigenvalue weighted by atomic mass is 16.1. The number of hydrogen-bond donors (Lipinski definition) is 1. The van der Waals surface area contributed by atoms with Crippen molar-refractivity contribution in [2.75, 3.05) is 5.32 Å². The second-order valence-electron chi connectivity index (χ2n) is 4.85. The largest absolute Gasteiger partial charge is 0.322 e. The van der Waals surface area contributed by atoms with Crippen LogP contribution < -0.4 is 5.32 Å². The molecule has 2 heteroatoms. The highest BCUT2D eigenvalue weighted by molar-refractivity contribution is 6.12. The van der Waals surface area contributed by atoms with Gasteiger partial charge in [0.25, 0.3) is 5.91 Å². The molecule has 0 heterocycles. The van der Waals surface area contributed by atoms with Gasteiger partial charge in [-0.3, -0.25) is 4.79 Å². The van der Waals surface area contributed by atoms with Crippen molar-refractivity contribution in [2.24, 2.45) is 0 Å². The number of hydrogen-bond acceptors (Lipinski definition) is 1. The third kappa shape index (κ3) is 2.41. The van der Waals surface area contributed by atoms with Crippen LogP contribution in [0, 0.1) is 6.92 Å². The van der Waals surface area contributed by atoms with Gasteiger partial charge in [0.05, 0.1) is 0 Å². The Morgan fingerprint density at radius 2 is 1.65 bits per heavy atom. The van der Waals surface area contributed by atoms with E-state index >= 15 is 0 Å². The summed E-state index contributed by atoms with van der Waals surface area (Å²) < 4.78 is 0. The highest BCUT2D eigenvalue weighted by Gasteiger charge is 2.09. The van der Waals surface area contributed by atoms with Gasteiger partial charge in [-0.25, -0.2) is 0 Å². The van der Waals surface area contributed by atoms with Gasteiger partial charge in [-0.2, -0.15) is 0 Å². The topological polar surface area (TPSA) is 29.1 Å². The van der Waals surface area contributed by atoms with Crippen LogP contribution in [0.15, 0.2) is 66.7 Å². The van der Waals surface area contributed by atoms with Crippen molar-refractivity contribution in [3.63, 3.8) is 0 Å². The van der Waals surface area contributed by atoms with E-state index in [1.54, 1.807) is 0 Å². The molecule has 20 heavy (non-hydrogen) atoms. The Balaban J connectivity index is 1.97. The monoisotopic (exact) mass is 261 g/mol. The first kappa shape index (κ1) is 12.4. The average molecular weight is 261 g/mol. The van der Waals surface area contributed by atoms with Crippen molar-refractivity contribution >= 4 is 22.4 Å². The Morgan fingerprint density at radius 1 is 0.900 bits per heavy atom. The summed E-state index contributed by atoms with van der Waals surface area (Å²) in [7, 11) is 0. The Bertz CT molecular complexity index is 772. The van der Waals surface area contributed by atoms with E-state index in [0.717, 1.165) is 22.0 Å². The number of amides is 1. The lowest BCUT2D eigenvalue weighted by Crippen LogP contribution is -2.12. The molecule has 3 aromatic rings. The van der Waals surface area contributed by atoms with Gasteiger partial charge in [-0.15, -0.1) is 0 Å². The van der Waals surface area contributed by atoms with Gasteiger partial charge in [-0.1, -0.05) is 48.5 Å². The third-order valence-corrected chi connectivity index (χ3v) is 3.31. The molecule has 98 valence electrons. The van der Waals surface area contributed by atoms with Crippen molar-refractivity contribution in [2.45, 2.75) is 6.92 Å². The first-order valence-electron chi connectivity index (χ1n) is 6.60. The molecule has 3 aromatic carbocycles. The summed E-state index contributed by atoms with van der Waals surface area (Å²) in [6.45, 7) is 2.01. The van der Waals surface area contributed by atoms with Crippen molar-refractivity contribution < 1.29 is 4.79 Å². The molecule has 1 amide bonds. The molecule has 1 N–H and O–H groups in total. The zero-order valence-electron chi connectivity index (χ0n) is 11.3. The minimum absolute atomic E-state index is 0.0765. The summed E-state index contributed by atoms with van der Waals surface area (Å²) in [5.74, 6) is -0.0765. The van der Waals surface area contributed by atoms with Crippen LogP contribution in [0.25, 0.3) is 10.8 Å². The maximum atomic E-state index is 12.4. The van der Waals surface area contributed by atoms with E-state index in [-0.39, 0.29) is 5.91 Å². The zero-order chi connectivity index (χ0) is 13.9. The van der Waals surface area contributed by atoms with Gasteiger partial charge in [-0.05, 0) is 41.5 Å². The maximum Gasteiger partial charge on any atom is 0.256 e. The van der Waals surface area contributed by atoms with E-state index in [9.17, 15) is 4.79 Å². The molecule has 0 saturated heterocycles. The average Bonchev–Trinajstić information content (AvgIpc) is 2.46. The quantitative estimate of drug-likeness (QED) is 0.727. The first-order chi connectivity index (χ1) is 9.74. The molecule has 0 unspecified atom stereocenters. The van der Waals surface area contributed by atoms with Crippen molar-refractivity contribution in [3.05, 3.63) is 77.9 Å². The Hall–Kier alpha value is -2.61. The fraction of sp³-hybridized carbons (Fsp3) is 0.0556. The molecule has 3 rings (SSSR count). The van der Waals surface area contributed by atoms with Gasteiger partial charge in [0.2, 0.25) is 0 Å². The molecule has 0 saturated carbocycles. The molecule has 2 nitrogen and oxygen atoms in total. The fourth-order valence-corrected chi connectivity index (χ4v) is 2.34. The molecule has 0 radical (unpaired) electrons. The van der Waals surface area contributed by atoms with E-state index in [1.807, 2.05) is 73.7 Å². The number of aryl methyl sites for hydroxylation is 1. The molecule has 0 aromatic heterocycles. The maximum absolute atomic E-state index is 12.4. The third-order valence-electron chi connectivity index (χ3n) is 3.31. The smallest absolute Gasteiger partial charge is 0.256 e. The van der Waals surface area contributed by atoms with Crippen LogP contribution >= 0.6 is 0 Å². The van der Waals surface area contributed by atoms with E-state index < -0.39 is 0 Å². The fourth-order valence-electron chi connectivity index (χ4n) is 2.34. The lowest BCUT2D eigenvalue weighted by molar-refractivity contribution is 0.102. The van der Waals surface area contributed by atoms with Crippen LogP contribution in [0.1, 0.15) is 15.9 Å². The molecule has 0 fully saturated rings. The van der Waals surface area contributed by atoms with Crippen LogP contribution in [-0.4, -0.2) is 5.91 Å². The summed E-state index contributed by atoms with van der Waals surface area (Å²) in [6, 6.07) is 21.5. The summed E-state index contributed by atoms with van der Waals surface area (Å²) in [6.07, 6.45) is 0. The lowest BCUT2D eigenvalue weighted by Gasteiger charge is -2.08. The predicted molar refractivity (Wildman–Crippen MR) is 83.1 cm³/mol. The van der Waals surface area contributed by atoms with Crippen molar-refractivity contribution in [1.29, 1.82) is 0 Å². The van der Waals surface area contributed by atoms with Crippen LogP contribution in [0.3, 0.4) is 0 Å². The van der Waals surface area contributed by atoms with E-state index in [4.69, 9.17) is 0 Å². The minimum Gasteiger partial charge on any atom is -0.322 e. The number of anilines is 1. The SMILES string of the molecule is Cc1cccc(NC(=O)c2cccc3ccccc23)c1. The standard InChI is InChI=1S/C18H15NO/c1-13-6-4-9-15(12-13)19-18(20)17-11-5-8-14-7-2-3-10-16(14)17/h2-12H,1H3,(H,19,20). The molecule has 0 aliphatic carbocycles. The molecule has 0 atom stereocenters. The van der Waals surface area contributed by atoms with Gasteiger partial charge >= 0.3 is 0 Å².